The minimum absolute atomic E-state index is 0.0243. The molecule has 1 saturated heterocycles. The summed E-state index contributed by atoms with van der Waals surface area (Å²) in [4.78, 5) is 4.89. The second kappa shape index (κ2) is 5.11. The molecule has 2 aromatic rings. The first-order chi connectivity index (χ1) is 9.90. The van der Waals surface area contributed by atoms with Crippen molar-refractivity contribution in [1.82, 2.24) is 9.55 Å². The van der Waals surface area contributed by atoms with Crippen molar-refractivity contribution in [3.8, 4) is 0 Å². The molecule has 2 unspecified atom stereocenters. The number of rotatable bonds is 2. The molecule has 2 heterocycles. The molecule has 114 valence electrons. The maximum atomic E-state index is 6.06. The summed E-state index contributed by atoms with van der Waals surface area (Å²) in [6.45, 7) is 9.33. The number of nitrogens with zero attached hydrogens (tertiary/aromatic N) is 2. The highest BCUT2D eigenvalue weighted by Gasteiger charge is 2.31. The zero-order valence-electron chi connectivity index (χ0n) is 13.4. The van der Waals surface area contributed by atoms with E-state index in [0.29, 0.717) is 12.6 Å². The zero-order chi connectivity index (χ0) is 15.2. The van der Waals surface area contributed by atoms with Gasteiger partial charge in [0, 0.05) is 12.1 Å². The number of aromatic nitrogens is 2. The van der Waals surface area contributed by atoms with Crippen LogP contribution in [0.15, 0.2) is 18.2 Å². The summed E-state index contributed by atoms with van der Waals surface area (Å²) in [6.07, 6.45) is 2.58. The molecule has 1 aromatic carbocycles. The van der Waals surface area contributed by atoms with E-state index in [4.69, 9.17) is 15.5 Å². The second-order valence-electron chi connectivity index (χ2n) is 7.02. The van der Waals surface area contributed by atoms with Gasteiger partial charge in [-0.25, -0.2) is 4.98 Å². The van der Waals surface area contributed by atoms with Gasteiger partial charge in [0.2, 0.25) is 0 Å². The Balaban J connectivity index is 2.17. The molecule has 4 nitrogen and oxygen atoms in total. The van der Waals surface area contributed by atoms with E-state index < -0.39 is 0 Å². The average molecular weight is 287 g/mol. The Morgan fingerprint density at radius 1 is 1.33 bits per heavy atom. The largest absolute Gasteiger partial charge is 0.367 e. The van der Waals surface area contributed by atoms with Crippen molar-refractivity contribution in [2.75, 3.05) is 0 Å². The fraction of sp³-hybridized carbons (Fsp3) is 0.588. The van der Waals surface area contributed by atoms with Crippen LogP contribution in [0.2, 0.25) is 0 Å². The summed E-state index contributed by atoms with van der Waals surface area (Å²) in [7, 11) is 0. The van der Waals surface area contributed by atoms with E-state index in [0.717, 1.165) is 35.3 Å². The quantitative estimate of drug-likeness (QED) is 0.920. The molecule has 0 aliphatic carbocycles. The van der Waals surface area contributed by atoms with E-state index in [1.807, 2.05) is 0 Å². The average Bonchev–Trinajstić information content (AvgIpc) is 3.00. The summed E-state index contributed by atoms with van der Waals surface area (Å²) in [5, 5.41) is 0. The highest BCUT2D eigenvalue weighted by molar-refractivity contribution is 5.77. The summed E-state index contributed by atoms with van der Waals surface area (Å²) in [6, 6.07) is 6.32. The molecule has 2 atom stereocenters. The van der Waals surface area contributed by atoms with Crippen molar-refractivity contribution in [2.45, 2.75) is 64.8 Å². The summed E-state index contributed by atoms with van der Waals surface area (Å²) in [5.74, 6) is 1.05. The SMILES string of the molecule is CC1CCC(c2nc3cc(CN)ccc3n2C(C)(C)C)O1. The first-order valence-electron chi connectivity index (χ1n) is 7.77. The van der Waals surface area contributed by atoms with E-state index in [9.17, 15) is 0 Å². The van der Waals surface area contributed by atoms with Gasteiger partial charge in [-0.3, -0.25) is 0 Å². The predicted octanol–water partition coefficient (Wildman–Crippen LogP) is 3.49. The number of benzene rings is 1. The van der Waals surface area contributed by atoms with Crippen LogP contribution in [-0.4, -0.2) is 15.7 Å². The highest BCUT2D eigenvalue weighted by Crippen LogP contribution is 2.36. The van der Waals surface area contributed by atoms with Crippen LogP contribution in [-0.2, 0) is 16.8 Å². The van der Waals surface area contributed by atoms with Gasteiger partial charge in [0.1, 0.15) is 11.9 Å². The van der Waals surface area contributed by atoms with Crippen LogP contribution in [0.5, 0.6) is 0 Å². The number of nitrogens with two attached hydrogens (primary N) is 1. The van der Waals surface area contributed by atoms with Crippen molar-refractivity contribution in [1.29, 1.82) is 0 Å². The fourth-order valence-electron chi connectivity index (χ4n) is 3.18. The van der Waals surface area contributed by atoms with Crippen LogP contribution in [0.3, 0.4) is 0 Å². The van der Waals surface area contributed by atoms with Gasteiger partial charge in [-0.05, 0) is 58.2 Å². The van der Waals surface area contributed by atoms with Gasteiger partial charge in [0.05, 0.1) is 17.1 Å². The third-order valence-corrected chi connectivity index (χ3v) is 4.17. The lowest BCUT2D eigenvalue weighted by atomic mass is 10.1. The van der Waals surface area contributed by atoms with Crippen LogP contribution in [0.25, 0.3) is 11.0 Å². The molecule has 0 amide bonds. The van der Waals surface area contributed by atoms with E-state index in [2.05, 4.69) is 50.5 Å². The lowest BCUT2D eigenvalue weighted by molar-refractivity contribution is 0.0462. The highest BCUT2D eigenvalue weighted by atomic mass is 16.5. The molecule has 1 aromatic heterocycles. The molecule has 0 spiro atoms. The number of ether oxygens (including phenoxy) is 1. The molecular formula is C17H25N3O. The van der Waals surface area contributed by atoms with Gasteiger partial charge < -0.3 is 15.0 Å². The standard InChI is InChI=1S/C17H25N3O/c1-11-5-8-15(21-11)16-19-13-9-12(10-18)6-7-14(13)20(16)17(2,3)4/h6-7,9,11,15H,5,8,10,18H2,1-4H3. The predicted molar refractivity (Wildman–Crippen MR) is 85.1 cm³/mol. The number of imidazole rings is 1. The molecule has 1 fully saturated rings. The van der Waals surface area contributed by atoms with E-state index in [-0.39, 0.29) is 11.6 Å². The maximum Gasteiger partial charge on any atom is 0.139 e. The third-order valence-electron chi connectivity index (χ3n) is 4.17. The number of hydrogen-bond donors (Lipinski definition) is 1. The number of hydrogen-bond acceptors (Lipinski definition) is 3. The van der Waals surface area contributed by atoms with Crippen LogP contribution >= 0.6 is 0 Å². The Labute approximate surface area is 126 Å². The van der Waals surface area contributed by atoms with Gasteiger partial charge in [-0.15, -0.1) is 0 Å². The van der Waals surface area contributed by atoms with E-state index in [1.54, 1.807) is 0 Å². The van der Waals surface area contributed by atoms with Crippen LogP contribution in [0.4, 0.5) is 0 Å². The van der Waals surface area contributed by atoms with Gasteiger partial charge in [0.25, 0.3) is 0 Å². The Hall–Kier alpha value is -1.39. The van der Waals surface area contributed by atoms with Gasteiger partial charge in [-0.2, -0.15) is 0 Å². The lowest BCUT2D eigenvalue weighted by Crippen LogP contribution is -2.25. The molecule has 4 heteroatoms. The lowest BCUT2D eigenvalue weighted by Gasteiger charge is -2.26. The first kappa shape index (κ1) is 14.5. The Morgan fingerprint density at radius 3 is 2.67 bits per heavy atom. The van der Waals surface area contributed by atoms with Crippen molar-refractivity contribution in [2.24, 2.45) is 5.73 Å². The fourth-order valence-corrected chi connectivity index (χ4v) is 3.18. The summed E-state index contributed by atoms with van der Waals surface area (Å²) < 4.78 is 8.39. The molecule has 0 saturated carbocycles. The van der Waals surface area contributed by atoms with Gasteiger partial charge in [-0.1, -0.05) is 6.07 Å². The number of fused-ring (bicyclic) bond motifs is 1. The second-order valence-corrected chi connectivity index (χ2v) is 7.02. The normalized spacial score (nSPS) is 23.1. The third kappa shape index (κ3) is 2.58. The molecule has 1 aliphatic heterocycles. The van der Waals surface area contributed by atoms with E-state index in [1.165, 1.54) is 0 Å². The molecule has 21 heavy (non-hydrogen) atoms. The first-order valence-corrected chi connectivity index (χ1v) is 7.77. The molecule has 0 radical (unpaired) electrons. The minimum Gasteiger partial charge on any atom is -0.367 e. The maximum absolute atomic E-state index is 6.06. The van der Waals surface area contributed by atoms with Crippen molar-refractivity contribution in [3.05, 3.63) is 29.6 Å². The van der Waals surface area contributed by atoms with Crippen molar-refractivity contribution in [3.63, 3.8) is 0 Å². The van der Waals surface area contributed by atoms with Crippen LogP contribution in [0, 0.1) is 0 Å². The van der Waals surface area contributed by atoms with Gasteiger partial charge >= 0.3 is 0 Å². The summed E-state index contributed by atoms with van der Waals surface area (Å²) in [5.41, 5.74) is 9.03. The molecule has 1 aliphatic rings. The summed E-state index contributed by atoms with van der Waals surface area (Å²) >= 11 is 0. The van der Waals surface area contributed by atoms with Crippen molar-refractivity contribution >= 4 is 11.0 Å². The monoisotopic (exact) mass is 287 g/mol. The Kier molecular flexibility index (Phi) is 3.54. The van der Waals surface area contributed by atoms with Crippen molar-refractivity contribution < 1.29 is 4.74 Å². The molecule has 3 rings (SSSR count). The molecular weight excluding hydrogens is 262 g/mol. The van der Waals surface area contributed by atoms with E-state index >= 15 is 0 Å². The topological polar surface area (TPSA) is 53.1 Å². The molecule has 0 bridgehead atoms. The molecule has 2 N–H and O–H groups in total. The Bertz CT molecular complexity index is 654. The van der Waals surface area contributed by atoms with Gasteiger partial charge in [0.15, 0.2) is 0 Å². The van der Waals surface area contributed by atoms with Crippen LogP contribution in [0.1, 0.15) is 58.0 Å². The van der Waals surface area contributed by atoms with Crippen LogP contribution < -0.4 is 5.73 Å². The zero-order valence-corrected chi connectivity index (χ0v) is 13.4. The smallest absolute Gasteiger partial charge is 0.139 e. The Morgan fingerprint density at radius 2 is 2.10 bits per heavy atom. The minimum atomic E-state index is -0.0243.